The van der Waals surface area contributed by atoms with E-state index in [1.54, 1.807) is 30.5 Å². The van der Waals surface area contributed by atoms with Crippen LogP contribution in [0.15, 0.2) is 53.5 Å². The van der Waals surface area contributed by atoms with E-state index in [-0.39, 0.29) is 41.7 Å². The zero-order valence-corrected chi connectivity index (χ0v) is 23.8. The Morgan fingerprint density at radius 2 is 1.83 bits per heavy atom. The molecule has 0 radical (unpaired) electrons. The summed E-state index contributed by atoms with van der Waals surface area (Å²) >= 11 is 0. The van der Waals surface area contributed by atoms with Crippen LogP contribution in [0.3, 0.4) is 0 Å². The summed E-state index contributed by atoms with van der Waals surface area (Å²) in [6.45, 7) is 6.84. The Bertz CT molecular complexity index is 1480. The quantitative estimate of drug-likeness (QED) is 0.366. The molecule has 0 saturated carbocycles. The predicted molar refractivity (Wildman–Crippen MR) is 153 cm³/mol. The van der Waals surface area contributed by atoms with Crippen molar-refractivity contribution < 1.29 is 28.1 Å². The third-order valence-corrected chi connectivity index (χ3v) is 8.12. The first kappa shape index (κ1) is 27.6. The highest BCUT2D eigenvalue weighted by Gasteiger charge is 2.45. The molecule has 41 heavy (non-hydrogen) atoms. The Morgan fingerprint density at radius 3 is 2.51 bits per heavy atom. The summed E-state index contributed by atoms with van der Waals surface area (Å²) in [5.41, 5.74) is -0.378. The number of pyridine rings is 1. The van der Waals surface area contributed by atoms with Crippen molar-refractivity contribution >= 4 is 16.9 Å². The molecule has 3 aliphatic rings. The summed E-state index contributed by atoms with van der Waals surface area (Å²) in [7, 11) is 0. The van der Waals surface area contributed by atoms with Gasteiger partial charge in [-0.25, -0.2) is 9.18 Å². The monoisotopic (exact) mass is 564 g/mol. The maximum absolute atomic E-state index is 15.3. The molecule has 3 atom stereocenters. The van der Waals surface area contributed by atoms with E-state index in [0.717, 1.165) is 37.7 Å². The fourth-order valence-electron chi connectivity index (χ4n) is 6.23. The number of amides is 1. The molecule has 3 aromatic rings. The SMILES string of the molecule is CC(C)(C)OC(=O)N1C2CCC1CC(Oc1ccc(-n3ccc4cc(OC[C@H]5CCCO5)ccc4c3=O)cc1F)C2. The second-order valence-corrected chi connectivity index (χ2v) is 12.3. The number of piperidine rings is 1. The number of benzene rings is 2. The van der Waals surface area contributed by atoms with E-state index in [2.05, 4.69) is 0 Å². The molecule has 0 spiro atoms. The zero-order valence-electron chi connectivity index (χ0n) is 23.8. The first-order valence-corrected chi connectivity index (χ1v) is 14.5. The van der Waals surface area contributed by atoms with Crippen molar-refractivity contribution in [2.75, 3.05) is 13.2 Å². The van der Waals surface area contributed by atoms with Crippen LogP contribution >= 0.6 is 0 Å². The first-order valence-electron chi connectivity index (χ1n) is 14.5. The van der Waals surface area contributed by atoms with E-state index < -0.39 is 11.4 Å². The van der Waals surface area contributed by atoms with Crippen molar-refractivity contribution in [2.24, 2.45) is 0 Å². The molecule has 3 aliphatic heterocycles. The van der Waals surface area contributed by atoms with Crippen LogP contribution in [0.25, 0.3) is 16.5 Å². The third kappa shape index (κ3) is 5.91. The summed E-state index contributed by atoms with van der Waals surface area (Å²) in [4.78, 5) is 27.9. The normalized spacial score (nSPS) is 24.0. The van der Waals surface area contributed by atoms with Gasteiger partial charge in [0.05, 0.1) is 11.8 Å². The first-order chi connectivity index (χ1) is 19.6. The van der Waals surface area contributed by atoms with E-state index in [4.69, 9.17) is 18.9 Å². The lowest BCUT2D eigenvalue weighted by atomic mass is 10.00. The molecule has 4 heterocycles. The van der Waals surface area contributed by atoms with Crippen LogP contribution in [-0.2, 0) is 9.47 Å². The van der Waals surface area contributed by atoms with Crippen molar-refractivity contribution in [2.45, 2.75) is 89.2 Å². The summed E-state index contributed by atoms with van der Waals surface area (Å²) in [5.74, 6) is 0.295. The minimum atomic E-state index is -0.552. The van der Waals surface area contributed by atoms with Crippen LogP contribution in [0, 0.1) is 5.82 Å². The molecule has 2 aromatic carbocycles. The maximum atomic E-state index is 15.3. The van der Waals surface area contributed by atoms with Gasteiger partial charge in [0.2, 0.25) is 0 Å². The molecule has 9 heteroatoms. The summed E-state index contributed by atoms with van der Waals surface area (Å²) in [6.07, 6.45) is 6.34. The Labute approximate surface area is 238 Å². The van der Waals surface area contributed by atoms with Gasteiger partial charge in [0, 0.05) is 49.2 Å². The van der Waals surface area contributed by atoms with Gasteiger partial charge in [-0.05, 0) is 88.2 Å². The largest absolute Gasteiger partial charge is 0.491 e. The number of aromatic nitrogens is 1. The predicted octanol–water partition coefficient (Wildman–Crippen LogP) is 6.00. The highest BCUT2D eigenvalue weighted by molar-refractivity contribution is 5.83. The van der Waals surface area contributed by atoms with Gasteiger partial charge >= 0.3 is 6.09 Å². The minimum absolute atomic E-state index is 0.0223. The Balaban J connectivity index is 1.13. The Kier molecular flexibility index (Phi) is 7.40. The van der Waals surface area contributed by atoms with E-state index in [1.165, 1.54) is 10.6 Å². The van der Waals surface area contributed by atoms with Crippen LogP contribution in [-0.4, -0.2) is 58.7 Å². The number of nitrogens with zero attached hydrogens (tertiary/aromatic N) is 2. The lowest BCUT2D eigenvalue weighted by molar-refractivity contribution is -0.00754. The van der Waals surface area contributed by atoms with Crippen molar-refractivity contribution in [3.8, 4) is 17.2 Å². The standard InChI is InChI=1S/C32H37FN2O6/c1-32(2,3)41-31(37)35-22-6-7-23(35)17-26(16-22)40-29-11-8-21(18-28(29)33)34-13-12-20-15-24(9-10-27(20)30(34)36)39-19-25-5-4-14-38-25/h8-13,15,18,22-23,25-26H,4-7,14,16-17,19H2,1-3H3/t22?,23?,25-,26?/m1/s1. The summed E-state index contributed by atoms with van der Waals surface area (Å²) in [5, 5.41) is 1.27. The van der Waals surface area contributed by atoms with E-state index in [0.29, 0.717) is 36.3 Å². The van der Waals surface area contributed by atoms with Crippen molar-refractivity contribution in [3.05, 3.63) is 64.8 Å². The highest BCUT2D eigenvalue weighted by atomic mass is 19.1. The van der Waals surface area contributed by atoms with Gasteiger partial charge in [-0.3, -0.25) is 9.36 Å². The number of ether oxygens (including phenoxy) is 4. The molecule has 1 aromatic heterocycles. The Morgan fingerprint density at radius 1 is 1.05 bits per heavy atom. The van der Waals surface area contributed by atoms with E-state index >= 15 is 4.39 Å². The molecule has 2 unspecified atom stereocenters. The molecule has 3 fully saturated rings. The third-order valence-electron chi connectivity index (χ3n) is 8.12. The lowest BCUT2D eigenvalue weighted by Gasteiger charge is -2.39. The van der Waals surface area contributed by atoms with E-state index in [1.807, 2.05) is 37.8 Å². The zero-order chi connectivity index (χ0) is 28.7. The number of rotatable bonds is 6. The number of hydrogen-bond donors (Lipinski definition) is 0. The minimum Gasteiger partial charge on any atom is -0.491 e. The maximum Gasteiger partial charge on any atom is 0.410 e. The van der Waals surface area contributed by atoms with Gasteiger partial charge in [0.1, 0.15) is 24.1 Å². The highest BCUT2D eigenvalue weighted by Crippen LogP contribution is 2.38. The van der Waals surface area contributed by atoms with Crippen LogP contribution in [0.2, 0.25) is 0 Å². The van der Waals surface area contributed by atoms with Gasteiger partial charge < -0.3 is 23.8 Å². The van der Waals surface area contributed by atoms with Crippen LogP contribution in [0.5, 0.6) is 11.5 Å². The number of halogens is 1. The molecule has 1 amide bonds. The number of carbonyl (C=O) groups is 1. The van der Waals surface area contributed by atoms with Crippen molar-refractivity contribution in [1.29, 1.82) is 0 Å². The van der Waals surface area contributed by atoms with Gasteiger partial charge in [-0.2, -0.15) is 0 Å². The summed E-state index contributed by atoms with van der Waals surface area (Å²) in [6, 6.07) is 11.8. The van der Waals surface area contributed by atoms with Crippen molar-refractivity contribution in [3.63, 3.8) is 0 Å². The second kappa shape index (κ2) is 11.0. The van der Waals surface area contributed by atoms with Gasteiger partial charge in [-0.15, -0.1) is 0 Å². The molecule has 6 rings (SSSR count). The average molecular weight is 565 g/mol. The van der Waals surface area contributed by atoms with Gasteiger partial charge in [-0.1, -0.05) is 0 Å². The average Bonchev–Trinajstić information content (AvgIpc) is 3.54. The Hall–Kier alpha value is -3.59. The molecule has 8 nitrogen and oxygen atoms in total. The molecular formula is C32H37FN2O6. The summed E-state index contributed by atoms with van der Waals surface area (Å²) < 4.78 is 39.9. The van der Waals surface area contributed by atoms with Crippen LogP contribution < -0.4 is 15.0 Å². The lowest BCUT2D eigenvalue weighted by Crippen LogP contribution is -2.50. The molecule has 218 valence electrons. The van der Waals surface area contributed by atoms with Crippen LogP contribution in [0.1, 0.15) is 59.3 Å². The van der Waals surface area contributed by atoms with Crippen LogP contribution in [0.4, 0.5) is 9.18 Å². The molecular weight excluding hydrogens is 527 g/mol. The van der Waals surface area contributed by atoms with Gasteiger partial charge in [0.15, 0.2) is 11.6 Å². The number of carbonyl (C=O) groups excluding carboxylic acids is 1. The number of hydrogen-bond acceptors (Lipinski definition) is 6. The topological polar surface area (TPSA) is 79.2 Å². The fourth-order valence-corrected chi connectivity index (χ4v) is 6.23. The molecule has 0 aliphatic carbocycles. The van der Waals surface area contributed by atoms with Crippen molar-refractivity contribution in [1.82, 2.24) is 9.47 Å². The molecule has 2 bridgehead atoms. The molecule has 3 saturated heterocycles. The second-order valence-electron chi connectivity index (χ2n) is 12.3. The van der Waals surface area contributed by atoms with Gasteiger partial charge in [0.25, 0.3) is 5.56 Å². The van der Waals surface area contributed by atoms with E-state index in [9.17, 15) is 9.59 Å². The number of fused-ring (bicyclic) bond motifs is 3. The smallest absolute Gasteiger partial charge is 0.410 e. The fraction of sp³-hybridized carbons (Fsp3) is 0.500. The molecule has 0 N–H and O–H groups in total.